The Morgan fingerprint density at radius 3 is 1.94 bits per heavy atom. The van der Waals surface area contributed by atoms with E-state index in [0.717, 1.165) is 11.1 Å². The molecule has 0 radical (unpaired) electrons. The molecule has 1 N–H and O–H groups in total. The van der Waals surface area contributed by atoms with Gasteiger partial charge in [-0.25, -0.2) is 0 Å². The van der Waals surface area contributed by atoms with Gasteiger partial charge in [-0.1, -0.05) is 17.2 Å². The van der Waals surface area contributed by atoms with Crippen LogP contribution in [0.2, 0.25) is 0 Å². The van der Waals surface area contributed by atoms with Crippen LogP contribution in [0.1, 0.15) is 27.0 Å². The Morgan fingerprint density at radius 2 is 1.41 bits per heavy atom. The number of aryl methyl sites for hydroxylation is 2. The predicted octanol–water partition coefficient (Wildman–Crippen LogP) is 3.24. The maximum atomic E-state index is 12.2. The van der Waals surface area contributed by atoms with Crippen LogP contribution in [0.15, 0.2) is 42.5 Å². The van der Waals surface area contributed by atoms with Crippen LogP contribution in [0.5, 0.6) is 5.75 Å². The van der Waals surface area contributed by atoms with Crippen LogP contribution >= 0.6 is 0 Å². The molecule has 86 valence electrons. The Hall–Kier alpha value is -2.09. The number of aromatic hydroxyl groups is 1. The summed E-state index contributed by atoms with van der Waals surface area (Å²) in [5.74, 6) is 0.152. The monoisotopic (exact) mass is 226 g/mol. The highest BCUT2D eigenvalue weighted by molar-refractivity contribution is 6.09. The number of carbonyl (C=O) groups excluding carboxylic acids is 1. The standard InChI is InChI=1S/C15H14O2/c1-10-7-11(2)9-13(8-10)15(17)12-3-5-14(16)6-4-12/h3-9,16H,1-2H3. The van der Waals surface area contributed by atoms with Gasteiger partial charge in [0.1, 0.15) is 5.75 Å². The first-order valence-electron chi connectivity index (χ1n) is 5.48. The van der Waals surface area contributed by atoms with Gasteiger partial charge in [-0.3, -0.25) is 4.79 Å². The molecule has 0 aliphatic heterocycles. The summed E-state index contributed by atoms with van der Waals surface area (Å²) in [4.78, 5) is 12.2. The zero-order valence-corrected chi connectivity index (χ0v) is 9.90. The first-order chi connectivity index (χ1) is 8.06. The lowest BCUT2D eigenvalue weighted by Gasteiger charge is -2.04. The van der Waals surface area contributed by atoms with Crippen LogP contribution in [0, 0.1) is 13.8 Å². The van der Waals surface area contributed by atoms with E-state index < -0.39 is 0 Å². The van der Waals surface area contributed by atoms with Gasteiger partial charge in [0.2, 0.25) is 0 Å². The fourth-order valence-corrected chi connectivity index (χ4v) is 1.89. The molecule has 0 aliphatic carbocycles. The second kappa shape index (κ2) is 4.42. The molecule has 0 bridgehead atoms. The van der Waals surface area contributed by atoms with Gasteiger partial charge >= 0.3 is 0 Å². The van der Waals surface area contributed by atoms with E-state index in [1.807, 2.05) is 32.0 Å². The lowest BCUT2D eigenvalue weighted by atomic mass is 9.99. The van der Waals surface area contributed by atoms with Gasteiger partial charge in [-0.05, 0) is 50.2 Å². The van der Waals surface area contributed by atoms with Crippen LogP contribution in [0.3, 0.4) is 0 Å². The molecule has 0 fully saturated rings. The number of carbonyl (C=O) groups is 1. The quantitative estimate of drug-likeness (QED) is 0.798. The van der Waals surface area contributed by atoms with Crippen molar-refractivity contribution in [1.29, 1.82) is 0 Å². The molecule has 0 heterocycles. The van der Waals surface area contributed by atoms with Crippen molar-refractivity contribution in [3.63, 3.8) is 0 Å². The Labute approximate surface area is 101 Å². The molecule has 0 aliphatic rings. The maximum absolute atomic E-state index is 12.2. The van der Waals surface area contributed by atoms with E-state index in [-0.39, 0.29) is 11.5 Å². The fraction of sp³-hybridized carbons (Fsp3) is 0.133. The van der Waals surface area contributed by atoms with E-state index in [2.05, 4.69) is 0 Å². The van der Waals surface area contributed by atoms with Crippen LogP contribution in [-0.4, -0.2) is 10.9 Å². The van der Waals surface area contributed by atoms with Gasteiger partial charge in [-0.2, -0.15) is 0 Å². The van der Waals surface area contributed by atoms with Crippen molar-refractivity contribution in [3.05, 3.63) is 64.7 Å². The van der Waals surface area contributed by atoms with Crippen LogP contribution in [0.25, 0.3) is 0 Å². The lowest BCUT2D eigenvalue weighted by Crippen LogP contribution is -2.01. The second-order valence-corrected chi connectivity index (χ2v) is 4.25. The van der Waals surface area contributed by atoms with E-state index in [9.17, 15) is 9.90 Å². The third-order valence-electron chi connectivity index (χ3n) is 2.61. The summed E-state index contributed by atoms with van der Waals surface area (Å²) in [5.41, 5.74) is 3.43. The van der Waals surface area contributed by atoms with Gasteiger partial charge in [-0.15, -0.1) is 0 Å². The SMILES string of the molecule is Cc1cc(C)cc(C(=O)c2ccc(O)cc2)c1. The summed E-state index contributed by atoms with van der Waals surface area (Å²) in [7, 11) is 0. The molecule has 0 aromatic heterocycles. The van der Waals surface area contributed by atoms with Gasteiger partial charge in [0.25, 0.3) is 0 Å². The number of rotatable bonds is 2. The van der Waals surface area contributed by atoms with Gasteiger partial charge in [0.15, 0.2) is 5.78 Å². The molecule has 17 heavy (non-hydrogen) atoms. The van der Waals surface area contributed by atoms with Gasteiger partial charge < -0.3 is 5.11 Å². The minimum Gasteiger partial charge on any atom is -0.508 e. The fourth-order valence-electron chi connectivity index (χ4n) is 1.89. The highest BCUT2D eigenvalue weighted by Crippen LogP contribution is 2.16. The van der Waals surface area contributed by atoms with E-state index in [0.29, 0.717) is 11.1 Å². The summed E-state index contributed by atoms with van der Waals surface area (Å²) in [6.45, 7) is 3.95. The second-order valence-electron chi connectivity index (χ2n) is 4.25. The molecule has 0 unspecified atom stereocenters. The van der Waals surface area contributed by atoms with Crippen molar-refractivity contribution >= 4 is 5.78 Å². The zero-order chi connectivity index (χ0) is 12.4. The third kappa shape index (κ3) is 2.53. The van der Waals surface area contributed by atoms with E-state index >= 15 is 0 Å². The molecule has 0 atom stereocenters. The van der Waals surface area contributed by atoms with Crippen molar-refractivity contribution in [1.82, 2.24) is 0 Å². The number of ketones is 1. The molecule has 2 heteroatoms. The average Bonchev–Trinajstić information content (AvgIpc) is 2.28. The molecular formula is C15H14O2. The van der Waals surface area contributed by atoms with Crippen LogP contribution in [0.4, 0.5) is 0 Å². The van der Waals surface area contributed by atoms with Crippen molar-refractivity contribution < 1.29 is 9.90 Å². The molecule has 0 saturated heterocycles. The minimum atomic E-state index is -0.0169. The molecule has 0 spiro atoms. The lowest BCUT2D eigenvalue weighted by molar-refractivity contribution is 0.103. The van der Waals surface area contributed by atoms with Gasteiger partial charge in [0.05, 0.1) is 0 Å². The molecule has 2 aromatic carbocycles. The van der Waals surface area contributed by atoms with Crippen molar-refractivity contribution in [3.8, 4) is 5.75 Å². The highest BCUT2D eigenvalue weighted by atomic mass is 16.3. The number of hydrogen-bond donors (Lipinski definition) is 1. The predicted molar refractivity (Wildman–Crippen MR) is 67.5 cm³/mol. The average molecular weight is 226 g/mol. The normalized spacial score (nSPS) is 10.2. The minimum absolute atomic E-state index is 0.0169. The third-order valence-corrected chi connectivity index (χ3v) is 2.61. The largest absolute Gasteiger partial charge is 0.508 e. The van der Waals surface area contributed by atoms with Crippen LogP contribution < -0.4 is 0 Å². The number of phenols is 1. The first kappa shape index (κ1) is 11.4. The van der Waals surface area contributed by atoms with Crippen molar-refractivity contribution in [2.45, 2.75) is 13.8 Å². The summed E-state index contributed by atoms with van der Waals surface area (Å²) in [5, 5.41) is 9.19. The Bertz CT molecular complexity index is 533. The van der Waals surface area contributed by atoms with Crippen molar-refractivity contribution in [2.75, 3.05) is 0 Å². The number of benzene rings is 2. The van der Waals surface area contributed by atoms with E-state index in [1.54, 1.807) is 12.1 Å². The van der Waals surface area contributed by atoms with Gasteiger partial charge in [0, 0.05) is 11.1 Å². The molecule has 2 aromatic rings. The first-order valence-corrected chi connectivity index (χ1v) is 5.48. The smallest absolute Gasteiger partial charge is 0.193 e. The highest BCUT2D eigenvalue weighted by Gasteiger charge is 2.09. The summed E-state index contributed by atoms with van der Waals surface area (Å²) in [6.07, 6.45) is 0. The van der Waals surface area contributed by atoms with Crippen molar-refractivity contribution in [2.24, 2.45) is 0 Å². The Morgan fingerprint density at radius 1 is 0.882 bits per heavy atom. The molecule has 0 amide bonds. The molecule has 2 rings (SSSR count). The summed E-state index contributed by atoms with van der Waals surface area (Å²) in [6, 6.07) is 12.1. The van der Waals surface area contributed by atoms with E-state index in [1.165, 1.54) is 12.1 Å². The summed E-state index contributed by atoms with van der Waals surface area (Å²) >= 11 is 0. The zero-order valence-electron chi connectivity index (χ0n) is 9.90. The van der Waals surface area contributed by atoms with Crippen LogP contribution in [-0.2, 0) is 0 Å². The Kier molecular flexibility index (Phi) is 2.96. The Balaban J connectivity index is 2.40. The molecular weight excluding hydrogens is 212 g/mol. The number of phenolic OH excluding ortho intramolecular Hbond substituents is 1. The maximum Gasteiger partial charge on any atom is 0.193 e. The van der Waals surface area contributed by atoms with E-state index in [4.69, 9.17) is 0 Å². The summed E-state index contributed by atoms with van der Waals surface area (Å²) < 4.78 is 0. The molecule has 2 nitrogen and oxygen atoms in total. The molecule has 0 saturated carbocycles. The topological polar surface area (TPSA) is 37.3 Å². The number of hydrogen-bond acceptors (Lipinski definition) is 2.